The number of aryl methyl sites for hydroxylation is 2. The zero-order valence-corrected chi connectivity index (χ0v) is 24.0. The number of benzene rings is 1. The molecule has 7 heteroatoms. The predicted octanol–water partition coefficient (Wildman–Crippen LogP) is 7.91. The van der Waals surface area contributed by atoms with Crippen LogP contribution in [0.15, 0.2) is 29.5 Å². The van der Waals surface area contributed by atoms with Crippen molar-refractivity contribution in [3.63, 3.8) is 0 Å². The molecule has 0 aliphatic carbocycles. The number of carbonyl (C=O) groups is 3. The van der Waals surface area contributed by atoms with Gasteiger partial charge in [-0.3, -0.25) is 4.79 Å². The molecule has 1 aromatic carbocycles. The number of carbonyl (C=O) groups excluding carboxylic acids is 3. The van der Waals surface area contributed by atoms with Crippen LogP contribution in [0.4, 0.5) is 9.59 Å². The average Bonchev–Trinajstić information content (AvgIpc) is 2.90. The van der Waals surface area contributed by atoms with Gasteiger partial charge in [0.1, 0.15) is 6.61 Å². The van der Waals surface area contributed by atoms with E-state index in [2.05, 4.69) is 18.3 Å². The van der Waals surface area contributed by atoms with E-state index in [1.54, 1.807) is 6.92 Å². The first kappa shape index (κ1) is 31.4. The third kappa shape index (κ3) is 9.48. The van der Waals surface area contributed by atoms with Crippen molar-refractivity contribution in [2.24, 2.45) is 0 Å². The number of allylic oxidation sites excluding steroid dienone is 1. The summed E-state index contributed by atoms with van der Waals surface area (Å²) >= 11 is 0. The minimum atomic E-state index is -0.751. The van der Waals surface area contributed by atoms with Crippen molar-refractivity contribution in [1.29, 1.82) is 0 Å². The average molecular weight is 529 g/mol. The molecule has 38 heavy (non-hydrogen) atoms. The second-order valence-corrected chi connectivity index (χ2v) is 10.4. The molecular weight excluding hydrogens is 480 g/mol. The highest BCUT2D eigenvalue weighted by molar-refractivity contribution is 5.94. The van der Waals surface area contributed by atoms with Crippen LogP contribution in [0.3, 0.4) is 0 Å². The second kappa shape index (κ2) is 17.6. The Morgan fingerprint density at radius 1 is 0.947 bits per heavy atom. The number of imide groups is 1. The number of nitrogens with zero attached hydrogens (tertiary/aromatic N) is 1. The minimum absolute atomic E-state index is 0.0275. The summed E-state index contributed by atoms with van der Waals surface area (Å²) in [6, 6.07) is 4.81. The van der Waals surface area contributed by atoms with E-state index < -0.39 is 18.2 Å². The summed E-state index contributed by atoms with van der Waals surface area (Å²) in [5.41, 5.74) is 4.20. The molecular formula is C31H48N2O5. The van der Waals surface area contributed by atoms with Gasteiger partial charge in [0.25, 0.3) is 6.47 Å². The molecule has 1 unspecified atom stereocenters. The molecule has 1 aromatic rings. The quantitative estimate of drug-likeness (QED) is 0.155. The first-order valence-corrected chi connectivity index (χ1v) is 14.5. The Morgan fingerprint density at radius 2 is 1.53 bits per heavy atom. The van der Waals surface area contributed by atoms with Crippen molar-refractivity contribution in [1.82, 2.24) is 10.2 Å². The van der Waals surface area contributed by atoms with Gasteiger partial charge in [0.2, 0.25) is 0 Å². The monoisotopic (exact) mass is 528 g/mol. The minimum Gasteiger partial charge on any atom is -0.463 e. The Morgan fingerprint density at radius 3 is 2.08 bits per heavy atom. The van der Waals surface area contributed by atoms with Crippen molar-refractivity contribution in [2.75, 3.05) is 13.7 Å². The fraction of sp³-hybridized carbons (Fsp3) is 0.645. The van der Waals surface area contributed by atoms with Gasteiger partial charge in [0, 0.05) is 11.3 Å². The van der Waals surface area contributed by atoms with E-state index in [0.717, 1.165) is 40.9 Å². The molecule has 1 aliphatic heterocycles. The third-order valence-electron chi connectivity index (χ3n) is 7.50. The van der Waals surface area contributed by atoms with Crippen molar-refractivity contribution < 1.29 is 23.9 Å². The first-order chi connectivity index (χ1) is 18.5. The number of nitrogens with one attached hydrogen (secondary N) is 1. The number of rotatable bonds is 18. The molecule has 0 saturated carbocycles. The van der Waals surface area contributed by atoms with Gasteiger partial charge < -0.3 is 14.8 Å². The molecule has 2 rings (SSSR count). The molecule has 1 N–H and O–H groups in total. The van der Waals surface area contributed by atoms with Gasteiger partial charge in [0.05, 0.1) is 13.2 Å². The summed E-state index contributed by atoms with van der Waals surface area (Å²) in [5, 5.41) is 2.71. The summed E-state index contributed by atoms with van der Waals surface area (Å²) in [6.07, 6.45) is 17.0. The van der Waals surface area contributed by atoms with Crippen LogP contribution in [-0.4, -0.2) is 37.2 Å². The number of ether oxygens (including phenoxy) is 2. The molecule has 0 aromatic heterocycles. The molecule has 0 spiro atoms. The Kier molecular flexibility index (Phi) is 14.6. The Bertz CT molecular complexity index is 927. The Hall–Kier alpha value is -2.83. The summed E-state index contributed by atoms with van der Waals surface area (Å²) in [4.78, 5) is 37.7. The van der Waals surface area contributed by atoms with Crippen LogP contribution in [0, 0.1) is 6.92 Å². The van der Waals surface area contributed by atoms with Gasteiger partial charge in [0.15, 0.2) is 0 Å². The van der Waals surface area contributed by atoms with E-state index in [-0.39, 0.29) is 6.61 Å². The highest BCUT2D eigenvalue weighted by atomic mass is 16.5. The normalized spacial score (nSPS) is 15.4. The van der Waals surface area contributed by atoms with Gasteiger partial charge in [-0.25, -0.2) is 14.5 Å². The molecule has 0 saturated heterocycles. The number of hydrogen-bond donors (Lipinski definition) is 1. The van der Waals surface area contributed by atoms with Gasteiger partial charge in [-0.15, -0.1) is 0 Å². The van der Waals surface area contributed by atoms with Crippen LogP contribution in [0.5, 0.6) is 0 Å². The first-order valence-electron chi connectivity index (χ1n) is 14.5. The van der Waals surface area contributed by atoms with Crippen molar-refractivity contribution >= 4 is 18.6 Å². The van der Waals surface area contributed by atoms with Crippen LogP contribution in [0.1, 0.15) is 120 Å². The lowest BCUT2D eigenvalue weighted by Gasteiger charge is -2.37. The maximum Gasteiger partial charge on any atom is 0.418 e. The van der Waals surface area contributed by atoms with Crippen molar-refractivity contribution in [3.8, 4) is 0 Å². The third-order valence-corrected chi connectivity index (χ3v) is 7.50. The zero-order valence-electron chi connectivity index (χ0n) is 24.0. The number of hydrogen-bond acceptors (Lipinski definition) is 5. The van der Waals surface area contributed by atoms with Gasteiger partial charge in [-0.05, 0) is 43.4 Å². The number of methoxy groups -OCH3 is 1. The largest absolute Gasteiger partial charge is 0.463 e. The standard InChI is InChI=1S/C31H48N2O5/c1-5-6-7-8-9-10-11-12-13-14-15-16-17-20-26-21-18-19-24(2)28(26)29-27(22-38-23-34)25(3)32-30(35)33(29)31(36)37-4/h18-19,21,23,29H,5-17,20,22H2,1-4H3,(H,32,35). The van der Waals surface area contributed by atoms with E-state index in [4.69, 9.17) is 9.47 Å². The molecule has 1 heterocycles. The molecule has 7 nitrogen and oxygen atoms in total. The zero-order chi connectivity index (χ0) is 27.8. The van der Waals surface area contributed by atoms with E-state index in [9.17, 15) is 14.4 Å². The lowest BCUT2D eigenvalue weighted by Crippen LogP contribution is -2.51. The summed E-state index contributed by atoms with van der Waals surface area (Å²) < 4.78 is 10.0. The number of amides is 3. The fourth-order valence-corrected chi connectivity index (χ4v) is 5.36. The van der Waals surface area contributed by atoms with E-state index >= 15 is 0 Å². The Balaban J connectivity index is 1.99. The molecule has 0 radical (unpaired) electrons. The molecule has 0 bridgehead atoms. The number of unbranched alkanes of at least 4 members (excludes halogenated alkanes) is 12. The summed E-state index contributed by atoms with van der Waals surface area (Å²) in [5.74, 6) is 0. The topological polar surface area (TPSA) is 84.9 Å². The van der Waals surface area contributed by atoms with Gasteiger partial charge >= 0.3 is 12.1 Å². The van der Waals surface area contributed by atoms with Crippen LogP contribution >= 0.6 is 0 Å². The van der Waals surface area contributed by atoms with E-state index in [0.29, 0.717) is 17.7 Å². The van der Waals surface area contributed by atoms with Gasteiger partial charge in [-0.2, -0.15) is 0 Å². The predicted molar refractivity (Wildman–Crippen MR) is 151 cm³/mol. The molecule has 1 aliphatic rings. The maximum atomic E-state index is 12.9. The molecule has 3 amide bonds. The highest BCUT2D eigenvalue weighted by Crippen LogP contribution is 2.38. The highest BCUT2D eigenvalue weighted by Gasteiger charge is 2.41. The summed E-state index contributed by atoms with van der Waals surface area (Å²) in [6.45, 7) is 6.35. The second-order valence-electron chi connectivity index (χ2n) is 10.4. The van der Waals surface area contributed by atoms with Crippen LogP contribution in [0.25, 0.3) is 0 Å². The number of urea groups is 1. The van der Waals surface area contributed by atoms with Gasteiger partial charge in [-0.1, -0.05) is 102 Å². The molecule has 0 fully saturated rings. The fourth-order valence-electron chi connectivity index (χ4n) is 5.36. The van der Waals surface area contributed by atoms with Crippen LogP contribution < -0.4 is 5.32 Å². The summed E-state index contributed by atoms with van der Waals surface area (Å²) in [7, 11) is 1.26. The SMILES string of the molecule is CCCCCCCCCCCCCCCc1cccc(C)c1C1C(COC=O)=C(C)NC(=O)N1C(=O)OC. The van der Waals surface area contributed by atoms with Crippen molar-refractivity contribution in [3.05, 3.63) is 46.2 Å². The smallest absolute Gasteiger partial charge is 0.418 e. The molecule has 212 valence electrons. The lowest BCUT2D eigenvalue weighted by molar-refractivity contribution is -0.128. The van der Waals surface area contributed by atoms with Crippen LogP contribution in [0.2, 0.25) is 0 Å². The molecule has 1 atom stereocenters. The van der Waals surface area contributed by atoms with Crippen molar-refractivity contribution in [2.45, 2.75) is 117 Å². The maximum absolute atomic E-state index is 12.9. The van der Waals surface area contributed by atoms with E-state index in [1.807, 2.05) is 19.1 Å². The Labute approximate surface area is 229 Å². The lowest BCUT2D eigenvalue weighted by atomic mass is 9.86. The van der Waals surface area contributed by atoms with E-state index in [1.165, 1.54) is 77.7 Å². The van der Waals surface area contributed by atoms with Crippen LogP contribution in [-0.2, 0) is 20.7 Å².